The van der Waals surface area contributed by atoms with Crippen LogP contribution in [-0.4, -0.2) is 15.7 Å². The van der Waals surface area contributed by atoms with Crippen molar-refractivity contribution in [1.82, 2.24) is 9.78 Å². The average molecular weight is 388 g/mol. The molecule has 3 aromatic rings. The molecule has 0 fully saturated rings. The van der Waals surface area contributed by atoms with E-state index in [1.165, 1.54) is 0 Å². The highest BCUT2D eigenvalue weighted by molar-refractivity contribution is 6.34. The van der Waals surface area contributed by atoms with Crippen LogP contribution in [0.4, 0.5) is 0 Å². The van der Waals surface area contributed by atoms with Gasteiger partial charge in [0.05, 0.1) is 17.3 Å². The molecule has 0 aliphatic rings. The summed E-state index contributed by atoms with van der Waals surface area (Å²) in [4.78, 5) is 12.2. The highest BCUT2D eigenvalue weighted by Crippen LogP contribution is 2.30. The Bertz CT molecular complexity index is 931. The van der Waals surface area contributed by atoms with Crippen molar-refractivity contribution in [3.05, 3.63) is 81.1 Å². The number of nitrogens with two attached hydrogens (primary N) is 1. The molecule has 0 saturated carbocycles. The molecule has 0 saturated heterocycles. The van der Waals surface area contributed by atoms with E-state index >= 15 is 0 Å². The van der Waals surface area contributed by atoms with E-state index in [1.54, 1.807) is 18.2 Å². The van der Waals surface area contributed by atoms with Crippen LogP contribution in [0.5, 0.6) is 0 Å². The largest absolute Gasteiger partial charge is 0.369 e. The Balaban J connectivity index is 2.04. The number of halogens is 2. The first-order valence-electron chi connectivity index (χ1n) is 8.22. The van der Waals surface area contributed by atoms with Crippen molar-refractivity contribution in [1.29, 1.82) is 0 Å². The van der Waals surface area contributed by atoms with E-state index in [2.05, 4.69) is 5.10 Å². The van der Waals surface area contributed by atoms with Crippen LogP contribution >= 0.6 is 23.2 Å². The molecular weight excluding hydrogens is 369 g/mol. The van der Waals surface area contributed by atoms with Gasteiger partial charge in [-0.15, -0.1) is 0 Å². The molecule has 134 valence electrons. The normalized spacial score (nSPS) is 12.2. The first-order valence-corrected chi connectivity index (χ1v) is 8.98. The van der Waals surface area contributed by atoms with Gasteiger partial charge in [-0.3, -0.25) is 4.79 Å². The fourth-order valence-electron chi connectivity index (χ4n) is 3.29. The van der Waals surface area contributed by atoms with Gasteiger partial charge in [0.2, 0.25) is 5.91 Å². The third-order valence-corrected chi connectivity index (χ3v) is 4.84. The molecule has 1 atom stereocenters. The summed E-state index contributed by atoms with van der Waals surface area (Å²) >= 11 is 12.2. The van der Waals surface area contributed by atoms with Gasteiger partial charge in [0.25, 0.3) is 0 Å². The molecule has 2 aromatic carbocycles. The molecule has 1 heterocycles. The Labute approximate surface area is 162 Å². The van der Waals surface area contributed by atoms with E-state index in [0.29, 0.717) is 16.5 Å². The number of para-hydroxylation sites is 1. The third kappa shape index (κ3) is 3.76. The maximum absolute atomic E-state index is 12.2. The number of rotatable bonds is 5. The average Bonchev–Trinajstić information content (AvgIpc) is 2.87. The Morgan fingerprint density at radius 2 is 1.73 bits per heavy atom. The molecule has 2 N–H and O–H groups in total. The van der Waals surface area contributed by atoms with Gasteiger partial charge in [-0.05, 0) is 56.2 Å². The van der Waals surface area contributed by atoms with Crippen LogP contribution < -0.4 is 5.73 Å². The Hall–Kier alpha value is -2.30. The van der Waals surface area contributed by atoms with Crippen LogP contribution in [-0.2, 0) is 11.2 Å². The lowest BCUT2D eigenvalue weighted by Gasteiger charge is -2.15. The molecular formula is C20H19Cl2N3O. The van der Waals surface area contributed by atoms with Gasteiger partial charge >= 0.3 is 0 Å². The highest BCUT2D eigenvalue weighted by Gasteiger charge is 2.26. The van der Waals surface area contributed by atoms with E-state index in [9.17, 15) is 4.79 Å². The van der Waals surface area contributed by atoms with Crippen molar-refractivity contribution in [2.24, 2.45) is 5.73 Å². The molecule has 1 aromatic heterocycles. The summed E-state index contributed by atoms with van der Waals surface area (Å²) in [5, 5.41) is 5.68. The quantitative estimate of drug-likeness (QED) is 0.694. The lowest BCUT2D eigenvalue weighted by Crippen LogP contribution is -2.24. The predicted molar refractivity (Wildman–Crippen MR) is 105 cm³/mol. The molecule has 0 aliphatic heterocycles. The summed E-state index contributed by atoms with van der Waals surface area (Å²) < 4.78 is 1.84. The summed E-state index contributed by atoms with van der Waals surface area (Å²) in [6, 6.07) is 15.1. The number of carbonyl (C=O) groups is 1. The molecule has 6 heteroatoms. The van der Waals surface area contributed by atoms with E-state index in [0.717, 1.165) is 28.2 Å². The fraction of sp³-hybridized carbons (Fsp3) is 0.200. The third-order valence-electron chi connectivity index (χ3n) is 4.40. The summed E-state index contributed by atoms with van der Waals surface area (Å²) in [5.41, 5.74) is 10.1. The van der Waals surface area contributed by atoms with Gasteiger partial charge < -0.3 is 5.73 Å². The van der Waals surface area contributed by atoms with Crippen molar-refractivity contribution in [3.63, 3.8) is 0 Å². The molecule has 26 heavy (non-hydrogen) atoms. The van der Waals surface area contributed by atoms with Crippen molar-refractivity contribution >= 4 is 29.1 Å². The van der Waals surface area contributed by atoms with E-state index in [4.69, 9.17) is 28.9 Å². The van der Waals surface area contributed by atoms with Gasteiger partial charge in [0, 0.05) is 21.3 Å². The fourth-order valence-corrected chi connectivity index (χ4v) is 3.86. The number of carbonyl (C=O) groups excluding carboxylic acids is 1. The maximum atomic E-state index is 12.2. The molecule has 0 spiro atoms. The molecule has 1 amide bonds. The second-order valence-corrected chi connectivity index (χ2v) is 7.14. The van der Waals surface area contributed by atoms with Crippen LogP contribution in [0.2, 0.25) is 10.0 Å². The van der Waals surface area contributed by atoms with Crippen LogP contribution in [0, 0.1) is 13.8 Å². The number of amides is 1. The zero-order chi connectivity index (χ0) is 18.8. The number of aryl methyl sites for hydroxylation is 1. The topological polar surface area (TPSA) is 60.9 Å². The highest BCUT2D eigenvalue weighted by atomic mass is 35.5. The molecule has 0 aliphatic carbocycles. The monoisotopic (exact) mass is 387 g/mol. The first kappa shape index (κ1) is 18.5. The van der Waals surface area contributed by atoms with Crippen LogP contribution in [0.1, 0.15) is 28.4 Å². The molecule has 3 rings (SSSR count). The first-order chi connectivity index (χ1) is 12.4. The minimum absolute atomic E-state index is 0.403. The van der Waals surface area contributed by atoms with Crippen LogP contribution in [0.3, 0.4) is 0 Å². The summed E-state index contributed by atoms with van der Waals surface area (Å²) in [6.45, 7) is 3.84. The summed E-state index contributed by atoms with van der Waals surface area (Å²) in [5.74, 6) is -0.915. The van der Waals surface area contributed by atoms with Crippen LogP contribution in [0.25, 0.3) is 5.69 Å². The Kier molecular flexibility index (Phi) is 5.35. The number of benzene rings is 2. The number of hydrogen-bond donors (Lipinski definition) is 1. The zero-order valence-electron chi connectivity index (χ0n) is 14.5. The van der Waals surface area contributed by atoms with Gasteiger partial charge in [0.1, 0.15) is 0 Å². The SMILES string of the molecule is Cc1nn(-c2ccccc2)c(C)c1C(Cc1cc(Cl)cc(Cl)c1)C(N)=O. The van der Waals surface area contributed by atoms with Crippen molar-refractivity contribution in [2.75, 3.05) is 0 Å². The molecule has 4 nitrogen and oxygen atoms in total. The lowest BCUT2D eigenvalue weighted by atomic mass is 9.90. The van der Waals surface area contributed by atoms with Gasteiger partial charge in [-0.25, -0.2) is 4.68 Å². The lowest BCUT2D eigenvalue weighted by molar-refractivity contribution is -0.119. The Morgan fingerprint density at radius 3 is 2.31 bits per heavy atom. The smallest absolute Gasteiger partial charge is 0.225 e. The minimum atomic E-state index is -0.512. The second kappa shape index (κ2) is 7.52. The van der Waals surface area contributed by atoms with Crippen molar-refractivity contribution in [2.45, 2.75) is 26.2 Å². The van der Waals surface area contributed by atoms with E-state index < -0.39 is 11.8 Å². The number of aromatic nitrogens is 2. The van der Waals surface area contributed by atoms with E-state index in [1.807, 2.05) is 48.9 Å². The van der Waals surface area contributed by atoms with E-state index in [-0.39, 0.29) is 0 Å². The van der Waals surface area contributed by atoms with Crippen molar-refractivity contribution in [3.8, 4) is 5.69 Å². The molecule has 0 bridgehead atoms. The summed E-state index contributed by atoms with van der Waals surface area (Å²) in [7, 11) is 0. The predicted octanol–water partition coefficient (Wildman–Crippen LogP) is 4.61. The van der Waals surface area contributed by atoms with Gasteiger partial charge in [-0.2, -0.15) is 5.10 Å². The standard InChI is InChI=1S/C20H19Cl2N3O/c1-12-19(13(2)25(24-12)17-6-4-3-5-7-17)18(20(23)26)10-14-8-15(21)11-16(22)9-14/h3-9,11,18H,10H2,1-2H3,(H2,23,26). The van der Waals surface area contributed by atoms with Gasteiger partial charge in [0.15, 0.2) is 0 Å². The molecule has 1 unspecified atom stereocenters. The number of hydrogen-bond acceptors (Lipinski definition) is 2. The Morgan fingerprint density at radius 1 is 1.12 bits per heavy atom. The maximum Gasteiger partial charge on any atom is 0.225 e. The second-order valence-electron chi connectivity index (χ2n) is 6.27. The summed E-state index contributed by atoms with van der Waals surface area (Å²) in [6.07, 6.45) is 0.414. The zero-order valence-corrected chi connectivity index (χ0v) is 16.1. The number of primary amides is 1. The molecule has 0 radical (unpaired) electrons. The van der Waals surface area contributed by atoms with Crippen molar-refractivity contribution < 1.29 is 4.79 Å². The minimum Gasteiger partial charge on any atom is -0.369 e. The van der Waals surface area contributed by atoms with Crippen LogP contribution in [0.15, 0.2) is 48.5 Å². The number of nitrogens with zero attached hydrogens (tertiary/aromatic N) is 2. The van der Waals surface area contributed by atoms with Gasteiger partial charge in [-0.1, -0.05) is 41.4 Å².